The number of carbonyl (C=O) groups excluding carboxylic acids is 1. The molecule has 18 heavy (non-hydrogen) atoms. The molecule has 0 aromatic carbocycles. The summed E-state index contributed by atoms with van der Waals surface area (Å²) in [6, 6.07) is 3.61. The van der Waals surface area contributed by atoms with Crippen LogP contribution in [0, 0.1) is 0 Å². The van der Waals surface area contributed by atoms with Crippen molar-refractivity contribution in [2.24, 2.45) is 0 Å². The predicted molar refractivity (Wildman–Crippen MR) is 69.6 cm³/mol. The van der Waals surface area contributed by atoms with Gasteiger partial charge in [0, 0.05) is 32.0 Å². The Labute approximate surface area is 108 Å². The normalized spacial score (nSPS) is 11.6. The van der Waals surface area contributed by atoms with Gasteiger partial charge in [-0.05, 0) is 32.4 Å². The van der Waals surface area contributed by atoms with E-state index in [4.69, 9.17) is 9.84 Å². The van der Waals surface area contributed by atoms with E-state index in [1.165, 1.54) is 0 Å². The van der Waals surface area contributed by atoms with Crippen LogP contribution in [-0.4, -0.2) is 41.4 Å². The van der Waals surface area contributed by atoms with Gasteiger partial charge in [-0.25, -0.2) is 0 Å². The topological polar surface area (TPSA) is 63.5 Å². The molecule has 0 unspecified atom stereocenters. The van der Waals surface area contributed by atoms with Crippen molar-refractivity contribution < 1.29 is 14.6 Å². The highest BCUT2D eigenvalue weighted by Crippen LogP contribution is 2.10. The molecule has 0 bridgehead atoms. The van der Waals surface area contributed by atoms with Crippen molar-refractivity contribution in [1.29, 1.82) is 0 Å². The van der Waals surface area contributed by atoms with Gasteiger partial charge in [0.1, 0.15) is 5.69 Å². The van der Waals surface area contributed by atoms with Crippen molar-refractivity contribution in [1.82, 2.24) is 9.88 Å². The molecule has 0 saturated heterocycles. The third-order valence-corrected chi connectivity index (χ3v) is 2.79. The lowest BCUT2D eigenvalue weighted by Crippen LogP contribution is -2.44. The highest BCUT2D eigenvalue weighted by atomic mass is 16.5. The Morgan fingerprint density at radius 3 is 2.89 bits per heavy atom. The zero-order valence-electron chi connectivity index (χ0n) is 11.3. The van der Waals surface area contributed by atoms with Gasteiger partial charge in [-0.1, -0.05) is 0 Å². The number of carbonyl (C=O) groups is 1. The molecule has 102 valence electrons. The predicted octanol–water partition coefficient (Wildman–Crippen LogP) is 1.03. The molecule has 0 atom stereocenters. The minimum atomic E-state index is -0.414. The Morgan fingerprint density at radius 1 is 1.56 bits per heavy atom. The van der Waals surface area contributed by atoms with Crippen LogP contribution in [0.4, 0.5) is 0 Å². The van der Waals surface area contributed by atoms with Crippen LogP contribution in [0.5, 0.6) is 0 Å². The summed E-state index contributed by atoms with van der Waals surface area (Å²) in [5.41, 5.74) is 0.195. The van der Waals surface area contributed by atoms with Crippen LogP contribution in [0.25, 0.3) is 0 Å². The van der Waals surface area contributed by atoms with Gasteiger partial charge >= 0.3 is 0 Å². The largest absolute Gasteiger partial charge is 0.396 e. The second-order valence-electron chi connectivity index (χ2n) is 4.89. The second-order valence-corrected chi connectivity index (χ2v) is 4.89. The maximum atomic E-state index is 12.1. The Kier molecular flexibility index (Phi) is 5.37. The van der Waals surface area contributed by atoms with Crippen LogP contribution >= 0.6 is 0 Å². The van der Waals surface area contributed by atoms with Crippen LogP contribution in [-0.2, 0) is 11.3 Å². The number of nitrogens with one attached hydrogen (secondary N) is 1. The Morgan fingerprint density at radius 2 is 2.28 bits per heavy atom. The van der Waals surface area contributed by atoms with Crippen LogP contribution in [0.2, 0.25) is 0 Å². The summed E-state index contributed by atoms with van der Waals surface area (Å²) in [7, 11) is 1.63. The molecular formula is C13H22N2O3. The summed E-state index contributed by atoms with van der Waals surface area (Å²) in [5.74, 6) is -0.130. The monoisotopic (exact) mass is 254 g/mol. The molecule has 0 fully saturated rings. The summed E-state index contributed by atoms with van der Waals surface area (Å²) in [4.78, 5) is 12.1. The molecule has 0 spiro atoms. The molecule has 5 nitrogen and oxygen atoms in total. The third-order valence-electron chi connectivity index (χ3n) is 2.79. The Hall–Kier alpha value is -1.33. The van der Waals surface area contributed by atoms with Crippen LogP contribution < -0.4 is 5.32 Å². The standard InChI is InChI=1S/C13H22N2O3/c1-13(2,6-9-16)14-12(17)11-5-4-7-15(11)8-10-18-3/h4-5,7,16H,6,8-10H2,1-3H3,(H,14,17). The van der Waals surface area contributed by atoms with E-state index in [1.54, 1.807) is 13.2 Å². The highest BCUT2D eigenvalue weighted by molar-refractivity contribution is 5.93. The first-order chi connectivity index (χ1) is 8.50. The molecule has 0 aliphatic rings. The molecule has 1 heterocycles. The Bertz CT molecular complexity index is 385. The fraction of sp³-hybridized carbons (Fsp3) is 0.615. The van der Waals surface area contributed by atoms with E-state index in [1.807, 2.05) is 30.7 Å². The fourth-order valence-corrected chi connectivity index (χ4v) is 1.72. The van der Waals surface area contributed by atoms with E-state index in [2.05, 4.69) is 5.32 Å². The maximum Gasteiger partial charge on any atom is 0.268 e. The smallest absolute Gasteiger partial charge is 0.268 e. The van der Waals surface area contributed by atoms with Gasteiger partial charge in [0.15, 0.2) is 0 Å². The van der Waals surface area contributed by atoms with E-state index in [-0.39, 0.29) is 12.5 Å². The van der Waals surface area contributed by atoms with Crippen molar-refractivity contribution >= 4 is 5.91 Å². The van der Waals surface area contributed by atoms with E-state index in [0.717, 1.165) is 0 Å². The maximum absolute atomic E-state index is 12.1. The molecule has 1 aromatic rings. The number of methoxy groups -OCH3 is 1. The number of nitrogens with zero attached hydrogens (tertiary/aromatic N) is 1. The van der Waals surface area contributed by atoms with Crippen LogP contribution in [0.15, 0.2) is 18.3 Å². The molecule has 5 heteroatoms. The average molecular weight is 254 g/mol. The molecule has 0 aliphatic carbocycles. The van der Waals surface area contributed by atoms with Gasteiger partial charge in [0.25, 0.3) is 5.91 Å². The molecule has 1 rings (SSSR count). The lowest BCUT2D eigenvalue weighted by molar-refractivity contribution is 0.0887. The zero-order valence-corrected chi connectivity index (χ0v) is 11.3. The molecule has 1 aromatic heterocycles. The number of aliphatic hydroxyl groups excluding tert-OH is 1. The van der Waals surface area contributed by atoms with Crippen LogP contribution in [0.3, 0.4) is 0 Å². The summed E-state index contributed by atoms with van der Waals surface area (Å²) in [6.45, 7) is 5.05. The van der Waals surface area contributed by atoms with Gasteiger partial charge in [-0.15, -0.1) is 0 Å². The van der Waals surface area contributed by atoms with Gasteiger partial charge in [0.05, 0.1) is 6.61 Å². The van der Waals surface area contributed by atoms with Gasteiger partial charge in [0.2, 0.25) is 0 Å². The van der Waals surface area contributed by atoms with Crippen molar-refractivity contribution in [3.05, 3.63) is 24.0 Å². The highest BCUT2D eigenvalue weighted by Gasteiger charge is 2.21. The molecule has 1 amide bonds. The molecule has 0 radical (unpaired) electrons. The van der Waals surface area contributed by atoms with Gasteiger partial charge in [-0.3, -0.25) is 4.79 Å². The molecule has 0 saturated carbocycles. The molecule has 0 aliphatic heterocycles. The zero-order chi connectivity index (χ0) is 13.6. The second kappa shape index (κ2) is 6.56. The number of aliphatic hydroxyl groups is 1. The molecular weight excluding hydrogens is 232 g/mol. The number of hydrogen-bond donors (Lipinski definition) is 2. The summed E-state index contributed by atoms with van der Waals surface area (Å²) >= 11 is 0. The van der Waals surface area contributed by atoms with E-state index >= 15 is 0 Å². The van der Waals surface area contributed by atoms with Crippen LogP contribution in [0.1, 0.15) is 30.8 Å². The number of ether oxygens (including phenoxy) is 1. The van der Waals surface area contributed by atoms with E-state index in [0.29, 0.717) is 25.3 Å². The number of amides is 1. The summed E-state index contributed by atoms with van der Waals surface area (Å²) in [5, 5.41) is 11.9. The minimum absolute atomic E-state index is 0.0535. The van der Waals surface area contributed by atoms with Gasteiger partial charge in [-0.2, -0.15) is 0 Å². The number of hydrogen-bond acceptors (Lipinski definition) is 3. The molecule has 2 N–H and O–H groups in total. The number of aromatic nitrogens is 1. The van der Waals surface area contributed by atoms with Crippen molar-refractivity contribution in [2.75, 3.05) is 20.3 Å². The quantitative estimate of drug-likeness (QED) is 0.763. The third kappa shape index (κ3) is 4.16. The van der Waals surface area contributed by atoms with Gasteiger partial charge < -0.3 is 19.7 Å². The van der Waals surface area contributed by atoms with Crippen molar-refractivity contribution in [3.8, 4) is 0 Å². The number of rotatable bonds is 7. The first-order valence-electron chi connectivity index (χ1n) is 6.07. The first kappa shape index (κ1) is 14.7. The fourth-order valence-electron chi connectivity index (χ4n) is 1.72. The SMILES string of the molecule is COCCn1cccc1C(=O)NC(C)(C)CCO. The average Bonchev–Trinajstić information content (AvgIpc) is 2.73. The summed E-state index contributed by atoms with van der Waals surface area (Å²) in [6.07, 6.45) is 2.38. The Balaban J connectivity index is 2.69. The summed E-state index contributed by atoms with van der Waals surface area (Å²) < 4.78 is 6.86. The first-order valence-corrected chi connectivity index (χ1v) is 6.07. The lowest BCUT2D eigenvalue weighted by atomic mass is 10.0. The lowest BCUT2D eigenvalue weighted by Gasteiger charge is -2.25. The van der Waals surface area contributed by atoms with E-state index in [9.17, 15) is 4.79 Å². The van der Waals surface area contributed by atoms with Crippen molar-refractivity contribution in [3.63, 3.8) is 0 Å². The van der Waals surface area contributed by atoms with E-state index < -0.39 is 5.54 Å². The van der Waals surface area contributed by atoms with Crippen molar-refractivity contribution in [2.45, 2.75) is 32.4 Å². The minimum Gasteiger partial charge on any atom is -0.396 e.